The first kappa shape index (κ1) is 21.3. The first-order chi connectivity index (χ1) is 14.6. The molecule has 1 heterocycles. The zero-order chi connectivity index (χ0) is 21.2. The summed E-state index contributed by atoms with van der Waals surface area (Å²) >= 11 is 0. The maximum Gasteiger partial charge on any atom is 0.338 e. The molecule has 0 saturated carbocycles. The smallest absolute Gasteiger partial charge is 0.338 e. The Labute approximate surface area is 174 Å². The fourth-order valence-electron chi connectivity index (χ4n) is 2.85. The quantitative estimate of drug-likeness (QED) is 0.646. The van der Waals surface area contributed by atoms with Crippen LogP contribution in [0.3, 0.4) is 0 Å². The first-order valence-corrected chi connectivity index (χ1v) is 9.73. The number of hydrogen-bond acceptors (Lipinski definition) is 6. The predicted molar refractivity (Wildman–Crippen MR) is 108 cm³/mol. The SMILES string of the molecule is O=C(COC(=O)c1ccc(OC[C@H]2CCCO2)cc1)NC(=O)NCc1ccccc1. The highest BCUT2D eigenvalue weighted by atomic mass is 16.5. The highest BCUT2D eigenvalue weighted by Crippen LogP contribution is 2.17. The number of imide groups is 1. The van der Waals surface area contributed by atoms with Crippen LogP contribution in [0.15, 0.2) is 54.6 Å². The van der Waals surface area contributed by atoms with Gasteiger partial charge in [-0.3, -0.25) is 10.1 Å². The van der Waals surface area contributed by atoms with Gasteiger partial charge in [-0.15, -0.1) is 0 Å². The van der Waals surface area contributed by atoms with E-state index in [0.717, 1.165) is 25.0 Å². The lowest BCUT2D eigenvalue weighted by molar-refractivity contribution is -0.123. The second-order valence-corrected chi connectivity index (χ2v) is 6.76. The molecule has 1 aliphatic rings. The minimum atomic E-state index is -0.717. The summed E-state index contributed by atoms with van der Waals surface area (Å²) in [6, 6.07) is 15.0. The summed E-state index contributed by atoms with van der Waals surface area (Å²) in [5.74, 6) is -0.763. The second-order valence-electron chi connectivity index (χ2n) is 6.76. The van der Waals surface area contributed by atoms with Gasteiger partial charge in [0.1, 0.15) is 12.4 Å². The number of carbonyl (C=O) groups is 3. The van der Waals surface area contributed by atoms with E-state index in [1.54, 1.807) is 24.3 Å². The number of esters is 1. The lowest BCUT2D eigenvalue weighted by Gasteiger charge is -2.11. The van der Waals surface area contributed by atoms with Gasteiger partial charge in [0.05, 0.1) is 11.7 Å². The third-order valence-electron chi connectivity index (χ3n) is 4.43. The molecule has 8 nitrogen and oxygen atoms in total. The van der Waals surface area contributed by atoms with Gasteiger partial charge in [-0.2, -0.15) is 0 Å². The van der Waals surface area contributed by atoms with Gasteiger partial charge in [0.25, 0.3) is 5.91 Å². The van der Waals surface area contributed by atoms with E-state index in [2.05, 4.69) is 10.6 Å². The van der Waals surface area contributed by atoms with Crippen molar-refractivity contribution in [1.29, 1.82) is 0 Å². The molecule has 1 aliphatic heterocycles. The van der Waals surface area contributed by atoms with Crippen molar-refractivity contribution in [3.63, 3.8) is 0 Å². The Morgan fingerprint density at radius 3 is 2.50 bits per heavy atom. The average molecular weight is 412 g/mol. The van der Waals surface area contributed by atoms with Crippen LogP contribution in [0.25, 0.3) is 0 Å². The normalized spacial score (nSPS) is 15.3. The molecule has 0 unspecified atom stereocenters. The molecule has 0 bridgehead atoms. The topological polar surface area (TPSA) is 103 Å². The Hall–Kier alpha value is -3.39. The van der Waals surface area contributed by atoms with E-state index in [4.69, 9.17) is 14.2 Å². The zero-order valence-electron chi connectivity index (χ0n) is 16.5. The van der Waals surface area contributed by atoms with Gasteiger partial charge >= 0.3 is 12.0 Å². The molecule has 0 aliphatic carbocycles. The maximum atomic E-state index is 12.1. The van der Waals surface area contributed by atoms with Crippen molar-refractivity contribution in [3.8, 4) is 5.75 Å². The van der Waals surface area contributed by atoms with Crippen LogP contribution in [0.5, 0.6) is 5.75 Å². The van der Waals surface area contributed by atoms with Crippen molar-refractivity contribution >= 4 is 17.9 Å². The summed E-state index contributed by atoms with van der Waals surface area (Å²) in [6.45, 7) is 0.952. The molecule has 2 aromatic rings. The van der Waals surface area contributed by atoms with Gasteiger partial charge in [0.2, 0.25) is 0 Å². The Balaban J connectivity index is 1.35. The first-order valence-electron chi connectivity index (χ1n) is 9.73. The maximum absolute atomic E-state index is 12.1. The number of urea groups is 1. The molecule has 3 rings (SSSR count). The highest BCUT2D eigenvalue weighted by Gasteiger charge is 2.16. The van der Waals surface area contributed by atoms with E-state index in [1.165, 1.54) is 0 Å². The van der Waals surface area contributed by atoms with Crippen LogP contribution in [-0.4, -0.2) is 43.8 Å². The zero-order valence-corrected chi connectivity index (χ0v) is 16.5. The average Bonchev–Trinajstić information content (AvgIpc) is 3.29. The molecular weight excluding hydrogens is 388 g/mol. The number of benzene rings is 2. The fraction of sp³-hybridized carbons (Fsp3) is 0.318. The van der Waals surface area contributed by atoms with Crippen molar-refractivity contribution in [2.24, 2.45) is 0 Å². The monoisotopic (exact) mass is 412 g/mol. The molecule has 1 saturated heterocycles. The Morgan fingerprint density at radius 1 is 1.03 bits per heavy atom. The van der Waals surface area contributed by atoms with E-state index in [0.29, 0.717) is 12.4 Å². The molecule has 30 heavy (non-hydrogen) atoms. The number of amides is 3. The van der Waals surface area contributed by atoms with E-state index in [-0.39, 0.29) is 18.2 Å². The molecule has 3 amide bonds. The molecule has 1 fully saturated rings. The van der Waals surface area contributed by atoms with Gasteiger partial charge < -0.3 is 19.5 Å². The van der Waals surface area contributed by atoms with Crippen molar-refractivity contribution < 1.29 is 28.6 Å². The van der Waals surface area contributed by atoms with Gasteiger partial charge in [0, 0.05) is 13.2 Å². The van der Waals surface area contributed by atoms with Crippen LogP contribution in [0.1, 0.15) is 28.8 Å². The predicted octanol–water partition coefficient (Wildman–Crippen LogP) is 2.43. The summed E-state index contributed by atoms with van der Waals surface area (Å²) in [5.41, 5.74) is 1.18. The number of ether oxygens (including phenoxy) is 3. The van der Waals surface area contributed by atoms with E-state index >= 15 is 0 Å². The third kappa shape index (κ3) is 6.89. The highest BCUT2D eigenvalue weighted by molar-refractivity contribution is 5.97. The molecular formula is C22H24N2O6. The summed E-state index contributed by atoms with van der Waals surface area (Å²) in [5, 5.41) is 4.66. The van der Waals surface area contributed by atoms with E-state index in [9.17, 15) is 14.4 Å². The number of hydrogen-bond donors (Lipinski definition) is 2. The van der Waals surface area contributed by atoms with Crippen molar-refractivity contribution in [2.45, 2.75) is 25.5 Å². The van der Waals surface area contributed by atoms with Gasteiger partial charge in [-0.05, 0) is 42.7 Å². The van der Waals surface area contributed by atoms with E-state index < -0.39 is 24.5 Å². The fourth-order valence-corrected chi connectivity index (χ4v) is 2.85. The Bertz CT molecular complexity index is 848. The van der Waals surface area contributed by atoms with Gasteiger partial charge in [0.15, 0.2) is 6.61 Å². The Morgan fingerprint density at radius 2 is 1.80 bits per heavy atom. The van der Waals surface area contributed by atoms with Crippen LogP contribution in [0.2, 0.25) is 0 Å². The molecule has 2 N–H and O–H groups in total. The Kier molecular flexibility index (Phi) is 7.79. The van der Waals surface area contributed by atoms with Crippen LogP contribution in [-0.2, 0) is 20.8 Å². The molecule has 8 heteroatoms. The lowest BCUT2D eigenvalue weighted by atomic mass is 10.2. The minimum absolute atomic E-state index is 0.109. The van der Waals surface area contributed by atoms with Crippen molar-refractivity contribution in [3.05, 3.63) is 65.7 Å². The van der Waals surface area contributed by atoms with Crippen LogP contribution in [0, 0.1) is 0 Å². The number of nitrogens with one attached hydrogen (secondary N) is 2. The molecule has 0 spiro atoms. The van der Waals surface area contributed by atoms with Crippen LogP contribution >= 0.6 is 0 Å². The third-order valence-corrected chi connectivity index (χ3v) is 4.43. The standard InChI is InChI=1S/C22H24N2O6/c25-20(24-22(27)23-13-16-5-2-1-3-6-16)15-30-21(26)17-8-10-18(11-9-17)29-14-19-7-4-12-28-19/h1-3,5-6,8-11,19H,4,7,12-15H2,(H2,23,24,25,27)/t19-/m1/s1. The molecule has 158 valence electrons. The van der Waals surface area contributed by atoms with Gasteiger partial charge in [-0.25, -0.2) is 9.59 Å². The second kappa shape index (κ2) is 11.0. The van der Waals surface area contributed by atoms with Crippen LogP contribution in [0.4, 0.5) is 4.79 Å². The van der Waals surface area contributed by atoms with Crippen LogP contribution < -0.4 is 15.4 Å². The minimum Gasteiger partial charge on any atom is -0.491 e. The molecule has 0 aromatic heterocycles. The van der Waals surface area contributed by atoms with Crippen molar-refractivity contribution in [2.75, 3.05) is 19.8 Å². The molecule has 1 atom stereocenters. The largest absolute Gasteiger partial charge is 0.491 e. The summed E-state index contributed by atoms with van der Waals surface area (Å²) < 4.78 is 16.1. The van der Waals surface area contributed by atoms with Gasteiger partial charge in [-0.1, -0.05) is 30.3 Å². The van der Waals surface area contributed by atoms with E-state index in [1.807, 2.05) is 30.3 Å². The molecule has 0 radical (unpaired) electrons. The lowest BCUT2D eigenvalue weighted by Crippen LogP contribution is -2.41. The number of carbonyl (C=O) groups excluding carboxylic acids is 3. The summed E-state index contributed by atoms with van der Waals surface area (Å²) in [7, 11) is 0. The number of rotatable bonds is 8. The summed E-state index contributed by atoms with van der Waals surface area (Å²) in [4.78, 5) is 35.6. The van der Waals surface area contributed by atoms with Crippen molar-refractivity contribution in [1.82, 2.24) is 10.6 Å². The summed E-state index contributed by atoms with van der Waals surface area (Å²) in [6.07, 6.45) is 2.13. The molecule has 2 aromatic carbocycles.